The number of ether oxygens (including phenoxy) is 1. The van der Waals surface area contributed by atoms with Gasteiger partial charge in [-0.3, -0.25) is 9.78 Å². The third-order valence-corrected chi connectivity index (χ3v) is 5.10. The maximum absolute atomic E-state index is 12.8. The number of aromatic nitrogens is 2. The lowest BCUT2D eigenvalue weighted by Crippen LogP contribution is -2.22. The zero-order valence-electron chi connectivity index (χ0n) is 13.3. The highest BCUT2D eigenvalue weighted by Crippen LogP contribution is 2.44. The summed E-state index contributed by atoms with van der Waals surface area (Å²) in [5.41, 5.74) is 2.92. The van der Waals surface area contributed by atoms with E-state index in [0.717, 1.165) is 45.2 Å². The summed E-state index contributed by atoms with van der Waals surface area (Å²) < 4.78 is 8.12. The molecule has 0 radical (unpaired) electrons. The van der Waals surface area contributed by atoms with E-state index < -0.39 is 0 Å². The molecule has 2 heterocycles. The third-order valence-electron chi connectivity index (χ3n) is 4.48. The van der Waals surface area contributed by atoms with Crippen molar-refractivity contribution < 1.29 is 4.74 Å². The van der Waals surface area contributed by atoms with Gasteiger partial charge in [-0.1, -0.05) is 6.07 Å². The van der Waals surface area contributed by atoms with Gasteiger partial charge in [0.15, 0.2) is 0 Å². The Bertz CT molecular complexity index is 963. The van der Waals surface area contributed by atoms with Crippen molar-refractivity contribution in [3.05, 3.63) is 68.7 Å². The average Bonchev–Trinajstić information content (AvgIpc) is 3.43. The molecule has 4 rings (SSSR count). The molecule has 1 saturated carbocycles. The molecular formula is C19H17BrN2O2. The van der Waals surface area contributed by atoms with Crippen molar-refractivity contribution in [3.8, 4) is 5.75 Å². The van der Waals surface area contributed by atoms with Gasteiger partial charge < -0.3 is 9.30 Å². The molecule has 24 heavy (non-hydrogen) atoms. The van der Waals surface area contributed by atoms with Crippen molar-refractivity contribution in [3.63, 3.8) is 0 Å². The van der Waals surface area contributed by atoms with Crippen LogP contribution in [0.4, 0.5) is 0 Å². The van der Waals surface area contributed by atoms with Crippen LogP contribution in [-0.2, 0) is 6.54 Å². The summed E-state index contributed by atoms with van der Waals surface area (Å²) >= 11 is 3.57. The molecule has 1 aromatic carbocycles. The smallest absolute Gasteiger partial charge is 0.251 e. The number of nitrogens with zero attached hydrogens (tertiary/aromatic N) is 2. The Hall–Kier alpha value is -2.14. The lowest BCUT2D eigenvalue weighted by molar-refractivity contribution is 0.412. The molecule has 1 aliphatic carbocycles. The van der Waals surface area contributed by atoms with E-state index in [-0.39, 0.29) is 5.56 Å². The zero-order chi connectivity index (χ0) is 16.7. The fraction of sp³-hybridized carbons (Fsp3) is 0.263. The van der Waals surface area contributed by atoms with E-state index in [1.165, 1.54) is 0 Å². The Balaban J connectivity index is 1.96. The second-order valence-electron chi connectivity index (χ2n) is 6.12. The summed E-state index contributed by atoms with van der Waals surface area (Å²) in [6.45, 7) is 0.450. The fourth-order valence-corrected chi connectivity index (χ4v) is 3.62. The van der Waals surface area contributed by atoms with Gasteiger partial charge >= 0.3 is 0 Å². The minimum absolute atomic E-state index is 0.0134. The van der Waals surface area contributed by atoms with Gasteiger partial charge in [-0.2, -0.15) is 0 Å². The number of hydrogen-bond donors (Lipinski definition) is 0. The first kappa shape index (κ1) is 15.4. The fourth-order valence-electron chi connectivity index (χ4n) is 3.11. The topological polar surface area (TPSA) is 44.1 Å². The number of benzene rings is 1. The van der Waals surface area contributed by atoms with Crippen LogP contribution in [0.15, 0.2) is 51.9 Å². The molecule has 1 fully saturated rings. The van der Waals surface area contributed by atoms with Crippen molar-refractivity contribution in [2.75, 3.05) is 7.11 Å². The molecular weight excluding hydrogens is 368 g/mol. The van der Waals surface area contributed by atoms with Crippen LogP contribution < -0.4 is 10.3 Å². The van der Waals surface area contributed by atoms with Crippen molar-refractivity contribution in [2.45, 2.75) is 25.3 Å². The molecule has 0 N–H and O–H groups in total. The molecule has 0 saturated heterocycles. The summed E-state index contributed by atoms with van der Waals surface area (Å²) in [5, 5.41) is 1.11. The van der Waals surface area contributed by atoms with Gasteiger partial charge in [0.2, 0.25) is 0 Å². The summed E-state index contributed by atoms with van der Waals surface area (Å²) in [4.78, 5) is 17.1. The summed E-state index contributed by atoms with van der Waals surface area (Å²) in [6, 6.07) is 11.5. The predicted molar refractivity (Wildman–Crippen MR) is 97.8 cm³/mol. The highest BCUT2D eigenvalue weighted by atomic mass is 79.9. The van der Waals surface area contributed by atoms with Crippen molar-refractivity contribution in [1.29, 1.82) is 0 Å². The lowest BCUT2D eigenvalue weighted by Gasteiger charge is -2.15. The number of methoxy groups -OCH3 is 1. The minimum Gasteiger partial charge on any atom is -0.495 e. The van der Waals surface area contributed by atoms with E-state index in [1.54, 1.807) is 23.9 Å². The highest BCUT2D eigenvalue weighted by Gasteiger charge is 2.27. The first-order valence-corrected chi connectivity index (χ1v) is 8.77. The number of pyridine rings is 2. The number of hydrogen-bond acceptors (Lipinski definition) is 3. The van der Waals surface area contributed by atoms with E-state index >= 15 is 0 Å². The van der Waals surface area contributed by atoms with Crippen molar-refractivity contribution >= 4 is 26.8 Å². The second kappa shape index (κ2) is 6.06. The van der Waals surface area contributed by atoms with E-state index in [4.69, 9.17) is 4.74 Å². The van der Waals surface area contributed by atoms with E-state index in [0.29, 0.717) is 12.5 Å². The number of fused-ring (bicyclic) bond motifs is 1. The van der Waals surface area contributed by atoms with Crippen molar-refractivity contribution in [1.82, 2.24) is 9.55 Å². The van der Waals surface area contributed by atoms with E-state index in [9.17, 15) is 4.79 Å². The van der Waals surface area contributed by atoms with Gasteiger partial charge in [0, 0.05) is 23.7 Å². The first-order valence-electron chi connectivity index (χ1n) is 7.98. The molecule has 0 unspecified atom stereocenters. The lowest BCUT2D eigenvalue weighted by atomic mass is 10.0. The van der Waals surface area contributed by atoms with Gasteiger partial charge in [-0.25, -0.2) is 0 Å². The van der Waals surface area contributed by atoms with Gasteiger partial charge in [0.25, 0.3) is 5.56 Å². The standard InChI is InChI=1S/C19H17BrN2O2/c1-24-18-10-17-15(8-16(18)20)14(12-5-6-12)9-19(23)22(17)11-13-4-2-3-7-21-13/h2-4,7-10,12H,5-6,11H2,1H3. The normalized spacial score (nSPS) is 14.1. The molecule has 3 aromatic rings. The van der Waals surface area contributed by atoms with E-state index in [2.05, 4.69) is 27.0 Å². The molecule has 0 aliphatic heterocycles. The molecule has 0 bridgehead atoms. The van der Waals surface area contributed by atoms with Gasteiger partial charge in [-0.05, 0) is 58.5 Å². The van der Waals surface area contributed by atoms with Crippen LogP contribution in [0.1, 0.15) is 30.0 Å². The third kappa shape index (κ3) is 2.73. The first-order chi connectivity index (χ1) is 11.7. The second-order valence-corrected chi connectivity index (χ2v) is 6.98. The Kier molecular flexibility index (Phi) is 3.88. The van der Waals surface area contributed by atoms with Crippen LogP contribution in [0.2, 0.25) is 0 Å². The SMILES string of the molecule is COc1cc2c(cc1Br)c(C1CC1)cc(=O)n2Cc1ccccn1. The van der Waals surface area contributed by atoms with Gasteiger partial charge in [0.05, 0.1) is 29.3 Å². The Morgan fingerprint density at radius 2 is 2.12 bits per heavy atom. The molecule has 0 amide bonds. The average molecular weight is 385 g/mol. The van der Waals surface area contributed by atoms with Crippen LogP contribution in [0, 0.1) is 0 Å². The minimum atomic E-state index is 0.0134. The molecule has 122 valence electrons. The van der Waals surface area contributed by atoms with Crippen LogP contribution in [0.25, 0.3) is 10.9 Å². The molecule has 0 atom stereocenters. The van der Waals surface area contributed by atoms with Crippen LogP contribution >= 0.6 is 15.9 Å². The predicted octanol–water partition coefficient (Wildman–Crippen LogP) is 4.09. The largest absolute Gasteiger partial charge is 0.495 e. The zero-order valence-corrected chi connectivity index (χ0v) is 14.9. The molecule has 5 heteroatoms. The summed E-state index contributed by atoms with van der Waals surface area (Å²) in [6.07, 6.45) is 4.06. The molecule has 2 aromatic heterocycles. The quantitative estimate of drug-likeness (QED) is 0.680. The van der Waals surface area contributed by atoms with Gasteiger partial charge in [-0.15, -0.1) is 0 Å². The summed E-state index contributed by atoms with van der Waals surface area (Å²) in [5.74, 6) is 1.23. The Morgan fingerprint density at radius 1 is 1.29 bits per heavy atom. The molecule has 4 nitrogen and oxygen atoms in total. The van der Waals surface area contributed by atoms with Crippen molar-refractivity contribution in [2.24, 2.45) is 0 Å². The molecule has 0 spiro atoms. The van der Waals surface area contributed by atoms with Crippen LogP contribution in [-0.4, -0.2) is 16.7 Å². The van der Waals surface area contributed by atoms with Gasteiger partial charge in [0.1, 0.15) is 5.75 Å². The van der Waals surface area contributed by atoms with Crippen LogP contribution in [0.3, 0.4) is 0 Å². The Morgan fingerprint density at radius 3 is 2.79 bits per heavy atom. The highest BCUT2D eigenvalue weighted by molar-refractivity contribution is 9.10. The maximum Gasteiger partial charge on any atom is 0.251 e. The summed E-state index contributed by atoms with van der Waals surface area (Å²) in [7, 11) is 1.64. The maximum atomic E-state index is 12.8. The van der Waals surface area contributed by atoms with Crippen LogP contribution in [0.5, 0.6) is 5.75 Å². The molecule has 1 aliphatic rings. The Labute approximate surface area is 148 Å². The monoisotopic (exact) mass is 384 g/mol. The number of rotatable bonds is 4. The van der Waals surface area contributed by atoms with E-state index in [1.807, 2.05) is 24.3 Å². The number of halogens is 1.